The van der Waals surface area contributed by atoms with Crippen molar-refractivity contribution in [2.75, 3.05) is 0 Å². The molecule has 0 spiro atoms. The fourth-order valence-electron chi connectivity index (χ4n) is 1.51. The monoisotopic (exact) mass is 250 g/mol. The molecule has 2 aromatic heterocycles. The third-order valence-corrected chi connectivity index (χ3v) is 3.41. The van der Waals surface area contributed by atoms with Crippen molar-refractivity contribution < 1.29 is 4.42 Å². The Balaban J connectivity index is 2.11. The maximum atomic E-state index is 5.57. The van der Waals surface area contributed by atoms with Crippen LogP contribution in [-0.2, 0) is 18.4 Å². The van der Waals surface area contributed by atoms with E-state index < -0.39 is 0 Å². The molecule has 2 rings (SSSR count). The van der Waals surface area contributed by atoms with E-state index >= 15 is 0 Å². The summed E-state index contributed by atoms with van der Waals surface area (Å²) in [6.07, 6.45) is 0.751. The van der Waals surface area contributed by atoms with Gasteiger partial charge in [-0.2, -0.15) is 0 Å². The molecule has 0 amide bonds. The highest BCUT2D eigenvalue weighted by Gasteiger charge is 2.17. The molecule has 0 atom stereocenters. The van der Waals surface area contributed by atoms with Gasteiger partial charge in [0.15, 0.2) is 0 Å². The number of nitrogens with zero attached hydrogens (tertiary/aromatic N) is 1. The predicted octanol–water partition coefficient (Wildman–Crippen LogP) is 3.08. The van der Waals surface area contributed by atoms with E-state index in [4.69, 9.17) is 10.2 Å². The lowest BCUT2D eigenvalue weighted by Gasteiger charge is -2.14. The number of hydrogen-bond acceptors (Lipinski definition) is 4. The average Bonchev–Trinajstić information content (AvgIpc) is 2.86. The van der Waals surface area contributed by atoms with Gasteiger partial charge in [-0.15, -0.1) is 11.3 Å². The summed E-state index contributed by atoms with van der Waals surface area (Å²) in [5.41, 5.74) is 6.76. The minimum atomic E-state index is 0.111. The molecule has 2 N–H and O–H groups in total. The van der Waals surface area contributed by atoms with Crippen LogP contribution in [0.4, 0.5) is 0 Å². The normalized spacial score (nSPS) is 12.0. The Morgan fingerprint density at radius 1 is 1.29 bits per heavy atom. The van der Waals surface area contributed by atoms with Gasteiger partial charge >= 0.3 is 0 Å². The minimum absolute atomic E-state index is 0.111. The summed E-state index contributed by atoms with van der Waals surface area (Å²) < 4.78 is 5.57. The molecule has 0 saturated heterocycles. The fourth-order valence-corrected chi connectivity index (χ4v) is 2.54. The second-order valence-corrected chi connectivity index (χ2v) is 6.07. The van der Waals surface area contributed by atoms with E-state index in [1.54, 1.807) is 11.3 Å². The molecule has 3 nitrogen and oxygen atoms in total. The highest BCUT2D eigenvalue weighted by Crippen LogP contribution is 2.25. The number of thiazole rings is 1. The van der Waals surface area contributed by atoms with Gasteiger partial charge in [0.05, 0.1) is 18.7 Å². The predicted molar refractivity (Wildman–Crippen MR) is 70.2 cm³/mol. The molecule has 0 aromatic carbocycles. The molecule has 0 fully saturated rings. The van der Waals surface area contributed by atoms with Crippen LogP contribution in [0, 0.1) is 0 Å². The van der Waals surface area contributed by atoms with Crippen molar-refractivity contribution in [2.24, 2.45) is 5.73 Å². The molecule has 17 heavy (non-hydrogen) atoms. The number of aromatic nitrogens is 1. The Labute approximate surface area is 106 Å². The van der Waals surface area contributed by atoms with Crippen molar-refractivity contribution in [3.63, 3.8) is 0 Å². The van der Waals surface area contributed by atoms with Gasteiger partial charge in [-0.1, -0.05) is 20.8 Å². The largest absolute Gasteiger partial charge is 0.464 e. The van der Waals surface area contributed by atoms with Crippen molar-refractivity contribution in [1.82, 2.24) is 4.98 Å². The van der Waals surface area contributed by atoms with E-state index in [1.165, 1.54) is 0 Å². The van der Waals surface area contributed by atoms with Crippen LogP contribution in [-0.4, -0.2) is 4.98 Å². The van der Waals surface area contributed by atoms with Crippen LogP contribution in [0.3, 0.4) is 0 Å². The van der Waals surface area contributed by atoms with Crippen LogP contribution in [0.2, 0.25) is 0 Å². The summed E-state index contributed by atoms with van der Waals surface area (Å²) >= 11 is 1.69. The fraction of sp³-hybridized carbons (Fsp3) is 0.462. The number of hydrogen-bond donors (Lipinski definition) is 1. The molecular weight excluding hydrogens is 232 g/mol. The molecule has 0 aliphatic heterocycles. The summed E-state index contributed by atoms with van der Waals surface area (Å²) in [5, 5.41) is 3.22. The third-order valence-electron chi connectivity index (χ3n) is 2.56. The molecule has 4 heteroatoms. The van der Waals surface area contributed by atoms with E-state index in [-0.39, 0.29) is 5.41 Å². The summed E-state index contributed by atoms with van der Waals surface area (Å²) in [5.74, 6) is 1.76. The van der Waals surface area contributed by atoms with Crippen molar-refractivity contribution >= 4 is 11.3 Å². The van der Waals surface area contributed by atoms with Gasteiger partial charge in [-0.25, -0.2) is 4.98 Å². The second kappa shape index (κ2) is 4.63. The highest BCUT2D eigenvalue weighted by atomic mass is 32.1. The topological polar surface area (TPSA) is 52.0 Å². The number of furan rings is 1. The molecule has 0 radical (unpaired) electrons. The zero-order valence-electron chi connectivity index (χ0n) is 10.5. The lowest BCUT2D eigenvalue weighted by Crippen LogP contribution is -2.11. The van der Waals surface area contributed by atoms with Crippen molar-refractivity contribution in [2.45, 2.75) is 39.2 Å². The summed E-state index contributed by atoms with van der Waals surface area (Å²) in [4.78, 5) is 4.64. The molecule has 2 heterocycles. The quantitative estimate of drug-likeness (QED) is 0.910. The Hall–Kier alpha value is -1.13. The van der Waals surface area contributed by atoms with Gasteiger partial charge in [-0.05, 0) is 12.1 Å². The third kappa shape index (κ3) is 2.96. The lowest BCUT2D eigenvalue weighted by molar-refractivity contribution is 0.474. The molecule has 0 bridgehead atoms. The zero-order chi connectivity index (χ0) is 12.5. The first-order chi connectivity index (χ1) is 7.99. The maximum Gasteiger partial charge on any atom is 0.117 e. The first-order valence-electron chi connectivity index (χ1n) is 5.71. The Kier molecular flexibility index (Phi) is 3.35. The molecular formula is C13H18N2OS. The molecule has 2 aromatic rings. The van der Waals surface area contributed by atoms with Crippen LogP contribution in [0.25, 0.3) is 0 Å². The number of nitrogens with two attached hydrogens (primary N) is 1. The first-order valence-corrected chi connectivity index (χ1v) is 6.59. The van der Waals surface area contributed by atoms with Crippen LogP contribution in [0.5, 0.6) is 0 Å². The lowest BCUT2D eigenvalue weighted by atomic mass is 9.93. The SMILES string of the molecule is CC(C)(C)c1csc(Cc2ccc(CN)o2)n1. The minimum Gasteiger partial charge on any atom is -0.464 e. The van der Waals surface area contributed by atoms with Gasteiger partial charge in [-0.3, -0.25) is 0 Å². The Morgan fingerprint density at radius 3 is 2.53 bits per heavy atom. The molecule has 0 saturated carbocycles. The summed E-state index contributed by atoms with van der Waals surface area (Å²) in [6, 6.07) is 3.90. The first kappa shape index (κ1) is 12.3. The highest BCUT2D eigenvalue weighted by molar-refractivity contribution is 7.09. The van der Waals surface area contributed by atoms with Gasteiger partial charge in [0.1, 0.15) is 16.5 Å². The Morgan fingerprint density at radius 2 is 2.00 bits per heavy atom. The van der Waals surface area contributed by atoms with Crippen molar-refractivity contribution in [1.29, 1.82) is 0 Å². The van der Waals surface area contributed by atoms with Gasteiger partial charge in [0, 0.05) is 10.8 Å². The van der Waals surface area contributed by atoms with E-state index in [0.717, 1.165) is 28.6 Å². The Bertz CT molecular complexity index is 493. The van der Waals surface area contributed by atoms with Crippen LogP contribution >= 0.6 is 11.3 Å². The second-order valence-electron chi connectivity index (χ2n) is 5.13. The molecule has 0 unspecified atom stereocenters. The standard InChI is InChI=1S/C13H18N2OS/c1-13(2,3)11-8-17-12(15-11)6-9-4-5-10(7-14)16-9/h4-5,8H,6-7,14H2,1-3H3. The number of rotatable bonds is 3. The maximum absolute atomic E-state index is 5.57. The zero-order valence-corrected chi connectivity index (χ0v) is 11.3. The molecule has 0 aliphatic rings. The van der Waals surface area contributed by atoms with Crippen molar-refractivity contribution in [3.05, 3.63) is 39.7 Å². The van der Waals surface area contributed by atoms with Crippen LogP contribution in [0.15, 0.2) is 21.9 Å². The van der Waals surface area contributed by atoms with Gasteiger partial charge in [0.25, 0.3) is 0 Å². The van der Waals surface area contributed by atoms with Crippen LogP contribution < -0.4 is 5.73 Å². The summed E-state index contributed by atoms with van der Waals surface area (Å²) in [7, 11) is 0. The van der Waals surface area contributed by atoms with Gasteiger partial charge in [0.2, 0.25) is 0 Å². The van der Waals surface area contributed by atoms with Crippen molar-refractivity contribution in [3.8, 4) is 0 Å². The molecule has 92 valence electrons. The van der Waals surface area contributed by atoms with E-state index in [1.807, 2.05) is 12.1 Å². The van der Waals surface area contributed by atoms with Crippen LogP contribution in [0.1, 0.15) is 43.0 Å². The van der Waals surface area contributed by atoms with Gasteiger partial charge < -0.3 is 10.2 Å². The summed E-state index contributed by atoms with van der Waals surface area (Å²) in [6.45, 7) is 6.97. The van der Waals surface area contributed by atoms with E-state index in [9.17, 15) is 0 Å². The molecule has 0 aliphatic carbocycles. The average molecular weight is 250 g/mol. The van der Waals surface area contributed by atoms with E-state index in [0.29, 0.717) is 6.54 Å². The van der Waals surface area contributed by atoms with E-state index in [2.05, 4.69) is 31.1 Å². The smallest absolute Gasteiger partial charge is 0.117 e.